The molecular formula is C32H35N3O4. The first kappa shape index (κ1) is 24.4. The van der Waals surface area contributed by atoms with Gasteiger partial charge in [0.1, 0.15) is 11.6 Å². The number of aromatic nitrogens is 1. The average Bonchev–Trinajstić information content (AvgIpc) is 3.43. The molecule has 39 heavy (non-hydrogen) atoms. The summed E-state index contributed by atoms with van der Waals surface area (Å²) in [6.07, 6.45) is 7.80. The molecule has 202 valence electrons. The van der Waals surface area contributed by atoms with E-state index in [0.29, 0.717) is 18.3 Å². The zero-order valence-electron chi connectivity index (χ0n) is 22.1. The van der Waals surface area contributed by atoms with Gasteiger partial charge in [0, 0.05) is 30.1 Å². The summed E-state index contributed by atoms with van der Waals surface area (Å²) in [5.41, 5.74) is 1.53. The van der Waals surface area contributed by atoms with Crippen LogP contribution in [-0.4, -0.2) is 46.0 Å². The summed E-state index contributed by atoms with van der Waals surface area (Å²) in [5.74, 6) is 1.77. The maximum Gasteiger partial charge on any atom is 0.408 e. The number of benzene rings is 2. The van der Waals surface area contributed by atoms with E-state index in [4.69, 9.17) is 4.74 Å². The SMILES string of the molecule is O=C(NC1(Cc2c[nH]c3ccccc23)CC(=O)N(CCc2ccccc2)C1=O)OC1C2CC3CC(C2)CC1C3. The molecule has 5 aliphatic rings. The van der Waals surface area contributed by atoms with Gasteiger partial charge >= 0.3 is 6.09 Å². The highest BCUT2D eigenvalue weighted by Crippen LogP contribution is 2.54. The number of hydrogen-bond acceptors (Lipinski definition) is 4. The Hall–Kier alpha value is -3.61. The first-order chi connectivity index (χ1) is 19.0. The highest BCUT2D eigenvalue weighted by molar-refractivity contribution is 6.10. The van der Waals surface area contributed by atoms with Crippen molar-refractivity contribution < 1.29 is 19.1 Å². The monoisotopic (exact) mass is 525 g/mol. The molecule has 2 N–H and O–H groups in total. The number of alkyl carbamates (subject to hydrolysis) is 1. The summed E-state index contributed by atoms with van der Waals surface area (Å²) in [5, 5.41) is 3.96. The van der Waals surface area contributed by atoms with Crippen LogP contribution < -0.4 is 5.32 Å². The van der Waals surface area contributed by atoms with E-state index in [9.17, 15) is 14.4 Å². The number of nitrogens with zero attached hydrogens (tertiary/aromatic N) is 1. The number of H-pyrrole nitrogens is 1. The third-order valence-electron chi connectivity index (χ3n) is 9.77. The van der Waals surface area contributed by atoms with Crippen molar-refractivity contribution in [1.29, 1.82) is 0 Å². The summed E-state index contributed by atoms with van der Waals surface area (Å²) >= 11 is 0. The number of ether oxygens (including phenoxy) is 1. The Morgan fingerprint density at radius 2 is 1.64 bits per heavy atom. The van der Waals surface area contributed by atoms with Crippen LogP contribution in [0.2, 0.25) is 0 Å². The number of amides is 3. The molecule has 4 aliphatic carbocycles. The van der Waals surface area contributed by atoms with Crippen molar-refractivity contribution in [3.8, 4) is 0 Å². The molecule has 7 nitrogen and oxygen atoms in total. The Morgan fingerprint density at radius 1 is 0.949 bits per heavy atom. The lowest BCUT2D eigenvalue weighted by Crippen LogP contribution is -2.58. The van der Waals surface area contributed by atoms with Gasteiger partial charge in [0.2, 0.25) is 5.91 Å². The van der Waals surface area contributed by atoms with Crippen LogP contribution in [0.15, 0.2) is 60.8 Å². The van der Waals surface area contributed by atoms with Gasteiger partial charge in [-0.1, -0.05) is 48.5 Å². The predicted molar refractivity (Wildman–Crippen MR) is 147 cm³/mol. The zero-order chi connectivity index (χ0) is 26.6. The number of para-hydroxylation sites is 1. The van der Waals surface area contributed by atoms with Crippen molar-refractivity contribution in [2.75, 3.05) is 6.54 Å². The Bertz CT molecular complexity index is 1390. The lowest BCUT2D eigenvalue weighted by molar-refractivity contribution is -0.140. The van der Waals surface area contributed by atoms with Crippen LogP contribution >= 0.6 is 0 Å². The smallest absolute Gasteiger partial charge is 0.408 e. The molecule has 7 heteroatoms. The third-order valence-corrected chi connectivity index (χ3v) is 9.77. The molecule has 2 heterocycles. The number of imide groups is 1. The van der Waals surface area contributed by atoms with Gasteiger partial charge in [-0.3, -0.25) is 14.5 Å². The molecule has 1 aromatic heterocycles. The predicted octanol–water partition coefficient (Wildman–Crippen LogP) is 5.00. The molecule has 3 amide bonds. The van der Waals surface area contributed by atoms with Crippen LogP contribution in [0.1, 0.15) is 49.7 Å². The van der Waals surface area contributed by atoms with Gasteiger partial charge in [-0.05, 0) is 79.4 Å². The Kier molecular flexibility index (Phi) is 5.98. The normalized spacial score (nSPS) is 31.3. The van der Waals surface area contributed by atoms with Gasteiger partial charge in [-0.15, -0.1) is 0 Å². The van der Waals surface area contributed by atoms with Crippen LogP contribution in [0.25, 0.3) is 10.9 Å². The largest absolute Gasteiger partial charge is 0.446 e. The van der Waals surface area contributed by atoms with Gasteiger partial charge in [0.05, 0.1) is 6.42 Å². The van der Waals surface area contributed by atoms with E-state index in [-0.39, 0.29) is 37.3 Å². The minimum Gasteiger partial charge on any atom is -0.446 e. The van der Waals surface area contributed by atoms with E-state index in [2.05, 4.69) is 10.3 Å². The summed E-state index contributed by atoms with van der Waals surface area (Å²) in [6, 6.07) is 17.7. The van der Waals surface area contributed by atoms with Crippen LogP contribution in [-0.2, 0) is 27.2 Å². The number of fused-ring (bicyclic) bond motifs is 1. The van der Waals surface area contributed by atoms with Crippen LogP contribution in [0.5, 0.6) is 0 Å². The summed E-state index contributed by atoms with van der Waals surface area (Å²) in [4.78, 5) is 45.4. The van der Waals surface area contributed by atoms with E-state index >= 15 is 0 Å². The molecule has 4 bridgehead atoms. The molecule has 5 fully saturated rings. The topological polar surface area (TPSA) is 91.5 Å². The van der Waals surface area contributed by atoms with Crippen molar-refractivity contribution >= 4 is 28.8 Å². The molecular weight excluding hydrogens is 490 g/mol. The first-order valence-electron chi connectivity index (χ1n) is 14.4. The zero-order valence-corrected chi connectivity index (χ0v) is 22.1. The molecule has 1 unspecified atom stereocenters. The second-order valence-corrected chi connectivity index (χ2v) is 12.3. The quantitative estimate of drug-likeness (QED) is 0.425. The summed E-state index contributed by atoms with van der Waals surface area (Å²) in [7, 11) is 0. The Labute approximate surface area is 228 Å². The fourth-order valence-electron chi connectivity index (χ4n) is 8.21. The number of carbonyl (C=O) groups excluding carboxylic acids is 3. The van der Waals surface area contributed by atoms with Gasteiger partial charge in [0.15, 0.2) is 0 Å². The van der Waals surface area contributed by atoms with Crippen molar-refractivity contribution in [2.45, 2.75) is 63.0 Å². The Morgan fingerprint density at radius 3 is 2.38 bits per heavy atom. The molecule has 8 rings (SSSR count). The molecule has 0 spiro atoms. The minimum absolute atomic E-state index is 0.0725. The number of rotatable bonds is 7. The third kappa shape index (κ3) is 4.42. The van der Waals surface area contributed by atoms with Gasteiger partial charge < -0.3 is 15.0 Å². The van der Waals surface area contributed by atoms with Crippen molar-refractivity contribution in [2.24, 2.45) is 23.7 Å². The lowest BCUT2D eigenvalue weighted by Gasteiger charge is -2.53. The lowest BCUT2D eigenvalue weighted by atomic mass is 9.55. The maximum absolute atomic E-state index is 14.0. The van der Waals surface area contributed by atoms with Crippen LogP contribution in [0.4, 0.5) is 4.79 Å². The molecule has 1 atom stereocenters. The molecule has 1 aliphatic heterocycles. The molecule has 2 aromatic carbocycles. The van der Waals surface area contributed by atoms with E-state index in [0.717, 1.165) is 59.5 Å². The van der Waals surface area contributed by atoms with E-state index in [1.807, 2.05) is 60.8 Å². The van der Waals surface area contributed by atoms with Crippen molar-refractivity contribution in [3.05, 3.63) is 71.9 Å². The minimum atomic E-state index is -1.37. The fraction of sp³-hybridized carbons (Fsp3) is 0.469. The van der Waals surface area contributed by atoms with E-state index in [1.165, 1.54) is 11.3 Å². The first-order valence-corrected chi connectivity index (χ1v) is 14.4. The molecule has 1 saturated heterocycles. The van der Waals surface area contributed by atoms with Gasteiger partial charge in [-0.2, -0.15) is 0 Å². The highest BCUT2D eigenvalue weighted by atomic mass is 16.6. The van der Waals surface area contributed by atoms with Crippen LogP contribution in [0, 0.1) is 23.7 Å². The van der Waals surface area contributed by atoms with Crippen LogP contribution in [0.3, 0.4) is 0 Å². The summed E-state index contributed by atoms with van der Waals surface area (Å²) < 4.78 is 6.13. The number of likely N-dealkylation sites (tertiary alicyclic amines) is 1. The van der Waals surface area contributed by atoms with Crippen molar-refractivity contribution in [1.82, 2.24) is 15.2 Å². The van der Waals surface area contributed by atoms with E-state index in [1.54, 1.807) is 0 Å². The standard InChI is InChI=1S/C32H35N3O4/c36-28-18-32(17-25-19-33-27-9-5-4-8-26(25)27,30(37)35(28)11-10-20-6-2-1-3-7-20)34-31(38)39-29-23-13-21-12-22(15-23)16-24(29)14-21/h1-9,19,21-24,29,33H,10-18H2,(H,34,38). The second-order valence-electron chi connectivity index (χ2n) is 12.3. The number of carbonyl (C=O) groups is 3. The molecule has 4 saturated carbocycles. The molecule has 3 aromatic rings. The van der Waals surface area contributed by atoms with Gasteiger partial charge in [0.25, 0.3) is 5.91 Å². The molecule has 0 radical (unpaired) electrons. The van der Waals surface area contributed by atoms with Gasteiger partial charge in [-0.25, -0.2) is 4.79 Å². The highest BCUT2D eigenvalue weighted by Gasteiger charge is 2.54. The number of nitrogens with one attached hydrogen (secondary N) is 2. The maximum atomic E-state index is 14.0. The second kappa shape index (κ2) is 9.54. The number of hydrogen-bond donors (Lipinski definition) is 2. The van der Waals surface area contributed by atoms with Crippen molar-refractivity contribution in [3.63, 3.8) is 0 Å². The Balaban J connectivity index is 1.14. The van der Waals surface area contributed by atoms with E-state index < -0.39 is 11.6 Å². The number of aromatic amines is 1. The average molecular weight is 526 g/mol. The summed E-state index contributed by atoms with van der Waals surface area (Å²) in [6.45, 7) is 0.281. The fourth-order valence-corrected chi connectivity index (χ4v) is 8.21.